The molecule has 0 spiro atoms. The molecule has 0 radical (unpaired) electrons. The summed E-state index contributed by atoms with van der Waals surface area (Å²) in [5.74, 6) is -0.174. The number of likely N-dealkylation sites (N-methyl/N-ethyl adjacent to an activating group) is 1. The van der Waals surface area contributed by atoms with Gasteiger partial charge in [-0.3, -0.25) is 25.2 Å². The molecule has 1 fully saturated rings. The minimum absolute atomic E-state index is 0.0183. The Morgan fingerprint density at radius 3 is 2.59 bits per heavy atom. The van der Waals surface area contributed by atoms with Crippen molar-refractivity contribution in [3.05, 3.63) is 75.8 Å². The van der Waals surface area contributed by atoms with Crippen LogP contribution in [0.5, 0.6) is 0 Å². The van der Waals surface area contributed by atoms with Crippen LogP contribution in [0.1, 0.15) is 30.0 Å². The highest BCUT2D eigenvalue weighted by Gasteiger charge is 2.43. The van der Waals surface area contributed by atoms with Crippen LogP contribution < -0.4 is 21.9 Å². The Labute approximate surface area is 214 Å². The van der Waals surface area contributed by atoms with Gasteiger partial charge in [-0.2, -0.15) is 0 Å². The molecule has 3 aromatic rings. The molecule has 10 nitrogen and oxygen atoms in total. The first-order chi connectivity index (χ1) is 18.0. The van der Waals surface area contributed by atoms with Gasteiger partial charge in [-0.15, -0.1) is 5.10 Å². The topological polar surface area (TPSA) is 124 Å². The van der Waals surface area contributed by atoms with E-state index in [1.165, 1.54) is 5.56 Å². The summed E-state index contributed by atoms with van der Waals surface area (Å²) in [5.41, 5.74) is 14.9. The zero-order valence-corrected chi connectivity index (χ0v) is 21.2. The fourth-order valence-corrected chi connectivity index (χ4v) is 6.05. The molecule has 0 aliphatic carbocycles. The summed E-state index contributed by atoms with van der Waals surface area (Å²) < 4.78 is 7.49. The normalized spacial score (nSPS) is 20.2. The number of ether oxygens (including phenoxy) is 1. The second-order valence-electron chi connectivity index (χ2n) is 9.84. The number of aromatic nitrogens is 4. The highest BCUT2D eigenvalue weighted by atomic mass is 16.5. The number of hydrazine groups is 1. The minimum atomic E-state index is -0.512. The number of rotatable bonds is 5. The van der Waals surface area contributed by atoms with Crippen molar-refractivity contribution in [1.82, 2.24) is 30.4 Å². The van der Waals surface area contributed by atoms with Crippen LogP contribution in [0.25, 0.3) is 17.0 Å². The van der Waals surface area contributed by atoms with Crippen molar-refractivity contribution < 1.29 is 9.53 Å². The van der Waals surface area contributed by atoms with Crippen LogP contribution >= 0.6 is 0 Å². The van der Waals surface area contributed by atoms with Crippen molar-refractivity contribution in [2.75, 3.05) is 20.3 Å². The van der Waals surface area contributed by atoms with Crippen LogP contribution in [-0.4, -0.2) is 57.2 Å². The maximum atomic E-state index is 12.7. The molecule has 190 valence electrons. The molecule has 2 aromatic heterocycles. The summed E-state index contributed by atoms with van der Waals surface area (Å²) in [4.78, 5) is 22.9. The summed E-state index contributed by atoms with van der Waals surface area (Å²) >= 11 is 0. The molecular weight excluding hydrogens is 468 g/mol. The molecule has 1 aromatic carbocycles. The molecule has 0 saturated carbocycles. The Bertz CT molecular complexity index is 1500. The average molecular weight is 499 g/mol. The van der Waals surface area contributed by atoms with E-state index in [1.807, 2.05) is 38.2 Å². The number of nitrogens with two attached hydrogens (primary N) is 1. The Hall–Kier alpha value is -4.05. The molecule has 1 saturated heterocycles. The van der Waals surface area contributed by atoms with Crippen LogP contribution in [0.2, 0.25) is 0 Å². The number of hydrogen-bond donors (Lipinski definition) is 2. The third-order valence-electron chi connectivity index (χ3n) is 7.65. The number of carbonyl (C=O) groups excluding carboxylic acids is 1. The third-order valence-corrected chi connectivity index (χ3v) is 7.65. The van der Waals surface area contributed by atoms with E-state index in [-0.39, 0.29) is 12.0 Å². The second-order valence-corrected chi connectivity index (χ2v) is 9.84. The summed E-state index contributed by atoms with van der Waals surface area (Å²) in [6.45, 7) is 3.36. The zero-order chi connectivity index (χ0) is 25.7. The first-order valence-corrected chi connectivity index (χ1v) is 12.6. The smallest absolute Gasteiger partial charge is 0.267 e. The van der Waals surface area contributed by atoms with E-state index in [2.05, 4.69) is 40.0 Å². The lowest BCUT2D eigenvalue weighted by Gasteiger charge is -2.36. The summed E-state index contributed by atoms with van der Waals surface area (Å²) in [7, 11) is 3.76. The molecule has 3 aliphatic rings. The largest absolute Gasteiger partial charge is 0.381 e. The van der Waals surface area contributed by atoms with E-state index in [0.29, 0.717) is 30.2 Å². The van der Waals surface area contributed by atoms with Crippen molar-refractivity contribution in [3.63, 3.8) is 0 Å². The predicted octanol–water partition coefficient (Wildman–Crippen LogP) is 0.695. The van der Waals surface area contributed by atoms with E-state index in [1.54, 1.807) is 10.9 Å². The molecule has 5 heterocycles. The van der Waals surface area contributed by atoms with Gasteiger partial charge in [0.2, 0.25) is 0 Å². The third kappa shape index (κ3) is 3.79. The van der Waals surface area contributed by atoms with E-state index >= 15 is 0 Å². The molecule has 37 heavy (non-hydrogen) atoms. The van der Waals surface area contributed by atoms with Gasteiger partial charge < -0.3 is 10.5 Å². The van der Waals surface area contributed by atoms with E-state index in [9.17, 15) is 4.79 Å². The quantitative estimate of drug-likeness (QED) is 0.531. The van der Waals surface area contributed by atoms with Gasteiger partial charge >= 0.3 is 0 Å². The monoisotopic (exact) mass is 498 g/mol. The minimum Gasteiger partial charge on any atom is -0.381 e. The van der Waals surface area contributed by atoms with Gasteiger partial charge in [0, 0.05) is 50.6 Å². The summed E-state index contributed by atoms with van der Waals surface area (Å²) in [6, 6.07) is 12.1. The summed E-state index contributed by atoms with van der Waals surface area (Å²) in [5, 5.41) is 11.8. The van der Waals surface area contributed by atoms with Crippen LogP contribution in [0.3, 0.4) is 0 Å². The van der Waals surface area contributed by atoms with Crippen LogP contribution in [0.4, 0.5) is 0 Å². The first-order valence-electron chi connectivity index (χ1n) is 12.6. The van der Waals surface area contributed by atoms with Gasteiger partial charge in [0.1, 0.15) is 11.0 Å². The Kier molecular flexibility index (Phi) is 5.75. The van der Waals surface area contributed by atoms with E-state index in [4.69, 9.17) is 20.4 Å². The van der Waals surface area contributed by atoms with Gasteiger partial charge in [0.05, 0.1) is 28.5 Å². The van der Waals surface area contributed by atoms with Crippen LogP contribution in [-0.2, 0) is 16.6 Å². The molecule has 0 bridgehead atoms. The Morgan fingerprint density at radius 2 is 1.92 bits per heavy atom. The highest BCUT2D eigenvalue weighted by Crippen LogP contribution is 2.43. The number of benzene rings is 1. The number of aryl methyl sites for hydroxylation is 2. The maximum Gasteiger partial charge on any atom is 0.267 e. The number of amides is 1. The predicted molar refractivity (Wildman–Crippen MR) is 137 cm³/mol. The number of nitrogens with zero attached hydrogens (tertiary/aromatic N) is 6. The molecule has 2 unspecified atom stereocenters. The van der Waals surface area contributed by atoms with Gasteiger partial charge in [0.15, 0.2) is 0 Å². The lowest BCUT2D eigenvalue weighted by atomic mass is 9.73. The van der Waals surface area contributed by atoms with Crippen molar-refractivity contribution in [2.45, 2.75) is 31.7 Å². The standard InChI is InChI=1S/C27H30N8O2/c1-15-25(35(3)33-31-15)18-9-12-29-24-21(18)30-22(20-23(27(28)36)32-34(2)26(20)24)19(16-7-5-4-6-8-16)17-10-13-37-14-11-17/h4-9,12,17,19,22,32H,10-11,13-14H2,1-3H3,(H2,28,36). The first kappa shape index (κ1) is 23.4. The summed E-state index contributed by atoms with van der Waals surface area (Å²) in [6.07, 6.45) is 3.60. The van der Waals surface area contributed by atoms with Crippen molar-refractivity contribution >= 4 is 11.6 Å². The van der Waals surface area contributed by atoms with Crippen molar-refractivity contribution in [2.24, 2.45) is 23.7 Å². The Morgan fingerprint density at radius 1 is 1.16 bits per heavy atom. The zero-order valence-electron chi connectivity index (χ0n) is 21.2. The number of primary amides is 1. The highest BCUT2D eigenvalue weighted by molar-refractivity contribution is 5.97. The SMILES string of the molecule is Cc1nnn(C)c1-c1ccnc2c1=NC(C(c1ccccc1)C1CCOCC1)C1=C(C(N)=O)NN(C)C=21. The molecule has 6 rings (SSSR count). The average Bonchev–Trinajstić information content (AvgIpc) is 3.44. The van der Waals surface area contributed by atoms with Gasteiger partial charge in [-0.1, -0.05) is 35.5 Å². The van der Waals surface area contributed by atoms with Gasteiger partial charge in [-0.25, -0.2) is 4.68 Å². The molecule has 3 aliphatic heterocycles. The molecular formula is C27H30N8O2. The van der Waals surface area contributed by atoms with Gasteiger partial charge in [0.25, 0.3) is 5.91 Å². The number of fused-ring (bicyclic) bond motifs is 2. The second kappa shape index (κ2) is 9.11. The molecule has 2 atom stereocenters. The molecule has 1 amide bonds. The van der Waals surface area contributed by atoms with Crippen LogP contribution in [0.15, 0.2) is 58.9 Å². The lowest BCUT2D eigenvalue weighted by Crippen LogP contribution is -2.45. The molecule has 3 N–H and O–H groups in total. The van der Waals surface area contributed by atoms with Crippen LogP contribution in [0, 0.1) is 12.8 Å². The van der Waals surface area contributed by atoms with Crippen molar-refractivity contribution in [1.29, 1.82) is 0 Å². The fraction of sp³-hybridized carbons (Fsp3) is 0.370. The maximum absolute atomic E-state index is 12.7. The van der Waals surface area contributed by atoms with E-state index < -0.39 is 5.91 Å². The van der Waals surface area contributed by atoms with E-state index in [0.717, 1.165) is 46.4 Å². The lowest BCUT2D eigenvalue weighted by molar-refractivity contribution is -0.115. The number of nitrogens with one attached hydrogen (secondary N) is 1. The Balaban J connectivity index is 1.68. The number of pyridine rings is 1. The number of hydrogen-bond acceptors (Lipinski definition) is 8. The fourth-order valence-electron chi connectivity index (χ4n) is 6.05. The number of carbonyl (C=O) groups is 1. The molecule has 10 heteroatoms. The van der Waals surface area contributed by atoms with Crippen molar-refractivity contribution in [3.8, 4) is 11.3 Å². The van der Waals surface area contributed by atoms with Gasteiger partial charge in [-0.05, 0) is 37.3 Å².